The molecule has 1 saturated heterocycles. The molecule has 0 saturated carbocycles. The molecule has 7 heteroatoms. The summed E-state index contributed by atoms with van der Waals surface area (Å²) in [7, 11) is 3.22. The second-order valence-electron chi connectivity index (χ2n) is 6.86. The maximum absolute atomic E-state index is 12.7. The maximum atomic E-state index is 12.7. The second kappa shape index (κ2) is 8.82. The van der Waals surface area contributed by atoms with E-state index in [0.29, 0.717) is 44.1 Å². The lowest BCUT2D eigenvalue weighted by molar-refractivity contribution is -0.133. The first kappa shape index (κ1) is 19.8. The van der Waals surface area contributed by atoms with Crippen LogP contribution >= 0.6 is 0 Å². The molecule has 1 atom stereocenters. The van der Waals surface area contributed by atoms with Gasteiger partial charge in [0.15, 0.2) is 5.76 Å². The number of benzene rings is 1. The van der Waals surface area contributed by atoms with Gasteiger partial charge in [0.2, 0.25) is 5.91 Å². The van der Waals surface area contributed by atoms with Gasteiger partial charge in [-0.1, -0.05) is 13.0 Å². The van der Waals surface area contributed by atoms with Crippen LogP contribution in [0.5, 0.6) is 11.5 Å². The summed E-state index contributed by atoms with van der Waals surface area (Å²) in [5, 5.41) is 0. The minimum Gasteiger partial charge on any atom is -0.497 e. The predicted octanol–water partition coefficient (Wildman–Crippen LogP) is 2.78. The summed E-state index contributed by atoms with van der Waals surface area (Å²) in [5.41, 5.74) is 0.975. The number of furan rings is 1. The molecular formula is C21H26N2O5. The monoisotopic (exact) mass is 386 g/mol. The second-order valence-corrected chi connectivity index (χ2v) is 6.86. The molecule has 150 valence electrons. The quantitative estimate of drug-likeness (QED) is 0.763. The zero-order valence-corrected chi connectivity index (χ0v) is 16.5. The van der Waals surface area contributed by atoms with Gasteiger partial charge in [0.25, 0.3) is 5.91 Å². The maximum Gasteiger partial charge on any atom is 0.289 e. The predicted molar refractivity (Wildman–Crippen MR) is 104 cm³/mol. The zero-order chi connectivity index (χ0) is 20.1. The van der Waals surface area contributed by atoms with Gasteiger partial charge < -0.3 is 23.7 Å². The zero-order valence-electron chi connectivity index (χ0n) is 16.5. The Morgan fingerprint density at radius 1 is 1.07 bits per heavy atom. The molecule has 0 radical (unpaired) electrons. The summed E-state index contributed by atoms with van der Waals surface area (Å²) in [6.07, 6.45) is 1.87. The highest BCUT2D eigenvalue weighted by molar-refractivity contribution is 5.91. The fourth-order valence-corrected chi connectivity index (χ4v) is 3.44. The average Bonchev–Trinajstić information content (AvgIpc) is 3.27. The fraction of sp³-hybridized carbons (Fsp3) is 0.429. The minimum absolute atomic E-state index is 0.0103. The molecule has 7 nitrogen and oxygen atoms in total. The SMILES string of the molecule is COc1ccc(C(C)CC(=O)N2CCN(C(=O)c3ccco3)CC2)c(OC)c1. The van der Waals surface area contributed by atoms with Gasteiger partial charge in [-0.05, 0) is 29.7 Å². The van der Waals surface area contributed by atoms with Crippen LogP contribution in [-0.4, -0.2) is 62.0 Å². The summed E-state index contributed by atoms with van der Waals surface area (Å²) in [5.74, 6) is 1.73. The highest BCUT2D eigenvalue weighted by atomic mass is 16.5. The Morgan fingerprint density at radius 2 is 1.79 bits per heavy atom. The van der Waals surface area contributed by atoms with Crippen molar-refractivity contribution in [1.29, 1.82) is 0 Å². The van der Waals surface area contributed by atoms with Crippen molar-refractivity contribution in [1.82, 2.24) is 9.80 Å². The summed E-state index contributed by atoms with van der Waals surface area (Å²) >= 11 is 0. The molecule has 2 heterocycles. The number of ether oxygens (including phenoxy) is 2. The first-order valence-electron chi connectivity index (χ1n) is 9.36. The highest BCUT2D eigenvalue weighted by Gasteiger charge is 2.27. The number of hydrogen-bond acceptors (Lipinski definition) is 5. The number of piperazine rings is 1. The van der Waals surface area contributed by atoms with Crippen LogP contribution in [0.1, 0.15) is 35.4 Å². The van der Waals surface area contributed by atoms with Crippen LogP contribution in [0.2, 0.25) is 0 Å². The number of nitrogens with zero attached hydrogens (tertiary/aromatic N) is 2. The van der Waals surface area contributed by atoms with Crippen molar-refractivity contribution in [2.75, 3.05) is 40.4 Å². The summed E-state index contributed by atoms with van der Waals surface area (Å²) in [4.78, 5) is 28.6. The molecule has 2 amide bonds. The molecule has 2 aromatic rings. The third-order valence-corrected chi connectivity index (χ3v) is 5.10. The average molecular weight is 386 g/mol. The Balaban J connectivity index is 1.56. The smallest absolute Gasteiger partial charge is 0.289 e. The largest absolute Gasteiger partial charge is 0.497 e. The number of amides is 2. The van der Waals surface area contributed by atoms with E-state index in [0.717, 1.165) is 11.3 Å². The summed E-state index contributed by atoms with van der Waals surface area (Å²) < 4.78 is 15.9. The van der Waals surface area contributed by atoms with Gasteiger partial charge in [0, 0.05) is 38.7 Å². The number of carbonyl (C=O) groups excluding carboxylic acids is 2. The van der Waals surface area contributed by atoms with Gasteiger partial charge in [0.05, 0.1) is 20.5 Å². The van der Waals surface area contributed by atoms with Crippen LogP contribution in [-0.2, 0) is 4.79 Å². The molecule has 0 bridgehead atoms. The van der Waals surface area contributed by atoms with Gasteiger partial charge in [0.1, 0.15) is 11.5 Å². The normalized spacial score (nSPS) is 15.2. The summed E-state index contributed by atoms with van der Waals surface area (Å²) in [6, 6.07) is 8.99. The molecule has 1 fully saturated rings. The van der Waals surface area contributed by atoms with Gasteiger partial charge in [-0.25, -0.2) is 0 Å². The molecule has 0 N–H and O–H groups in total. The van der Waals surface area contributed by atoms with Crippen LogP contribution in [0.15, 0.2) is 41.0 Å². The van der Waals surface area contributed by atoms with Gasteiger partial charge in [-0.2, -0.15) is 0 Å². The van der Waals surface area contributed by atoms with E-state index < -0.39 is 0 Å². The molecule has 1 unspecified atom stereocenters. The van der Waals surface area contributed by atoms with E-state index in [1.165, 1.54) is 6.26 Å². The first-order valence-corrected chi connectivity index (χ1v) is 9.36. The Hall–Kier alpha value is -2.96. The molecular weight excluding hydrogens is 360 g/mol. The van der Waals surface area contributed by atoms with E-state index in [9.17, 15) is 9.59 Å². The molecule has 0 aliphatic carbocycles. The molecule has 1 aromatic carbocycles. The van der Waals surface area contributed by atoms with Crippen LogP contribution in [0, 0.1) is 0 Å². The van der Waals surface area contributed by atoms with Crippen LogP contribution in [0.25, 0.3) is 0 Å². The lowest BCUT2D eigenvalue weighted by Gasteiger charge is -2.35. The highest BCUT2D eigenvalue weighted by Crippen LogP contribution is 2.32. The van der Waals surface area contributed by atoms with E-state index in [4.69, 9.17) is 13.9 Å². The van der Waals surface area contributed by atoms with E-state index in [1.807, 2.05) is 30.0 Å². The Labute approximate surface area is 164 Å². The number of rotatable bonds is 6. The molecule has 1 aliphatic rings. The van der Waals surface area contributed by atoms with Crippen molar-refractivity contribution < 1.29 is 23.5 Å². The van der Waals surface area contributed by atoms with Gasteiger partial charge in [-0.3, -0.25) is 9.59 Å². The number of hydrogen-bond donors (Lipinski definition) is 0. The standard InChI is InChI=1S/C21H26N2O5/c1-15(17-7-6-16(26-2)14-19(17)27-3)13-20(24)22-8-10-23(11-9-22)21(25)18-5-4-12-28-18/h4-7,12,14-15H,8-11,13H2,1-3H3. The fourth-order valence-electron chi connectivity index (χ4n) is 3.44. The molecule has 1 aromatic heterocycles. The lowest BCUT2D eigenvalue weighted by atomic mass is 9.96. The van der Waals surface area contributed by atoms with Gasteiger partial charge >= 0.3 is 0 Å². The van der Waals surface area contributed by atoms with Gasteiger partial charge in [-0.15, -0.1) is 0 Å². The molecule has 1 aliphatic heterocycles. The van der Waals surface area contributed by atoms with Crippen LogP contribution in [0.3, 0.4) is 0 Å². The van der Waals surface area contributed by atoms with E-state index >= 15 is 0 Å². The van der Waals surface area contributed by atoms with E-state index in [1.54, 1.807) is 31.3 Å². The Bertz CT molecular complexity index is 810. The third-order valence-electron chi connectivity index (χ3n) is 5.10. The minimum atomic E-state index is -0.131. The Morgan fingerprint density at radius 3 is 2.39 bits per heavy atom. The van der Waals surface area contributed by atoms with Crippen molar-refractivity contribution >= 4 is 11.8 Å². The topological polar surface area (TPSA) is 72.2 Å². The van der Waals surface area contributed by atoms with Crippen LogP contribution < -0.4 is 9.47 Å². The number of methoxy groups -OCH3 is 2. The van der Waals surface area contributed by atoms with Crippen molar-refractivity contribution in [2.45, 2.75) is 19.3 Å². The molecule has 28 heavy (non-hydrogen) atoms. The third kappa shape index (κ3) is 4.30. The lowest BCUT2D eigenvalue weighted by Crippen LogP contribution is -2.50. The summed E-state index contributed by atoms with van der Waals surface area (Å²) in [6.45, 7) is 4.07. The van der Waals surface area contributed by atoms with E-state index in [-0.39, 0.29) is 17.7 Å². The van der Waals surface area contributed by atoms with E-state index in [2.05, 4.69) is 0 Å². The Kier molecular flexibility index (Phi) is 6.23. The number of carbonyl (C=O) groups is 2. The molecule has 0 spiro atoms. The molecule has 3 rings (SSSR count). The van der Waals surface area contributed by atoms with Crippen molar-refractivity contribution in [3.8, 4) is 11.5 Å². The van der Waals surface area contributed by atoms with Crippen molar-refractivity contribution in [3.05, 3.63) is 47.9 Å². The van der Waals surface area contributed by atoms with Crippen LogP contribution in [0.4, 0.5) is 0 Å². The van der Waals surface area contributed by atoms with Crippen molar-refractivity contribution in [2.24, 2.45) is 0 Å². The van der Waals surface area contributed by atoms with Crippen molar-refractivity contribution in [3.63, 3.8) is 0 Å². The first-order chi connectivity index (χ1) is 13.5.